The Balaban J connectivity index is 4.56. The van der Waals surface area contributed by atoms with E-state index in [9.17, 15) is 0 Å². The molecule has 80 valence electrons. The second kappa shape index (κ2) is 4.48. The SMILES string of the molecule is CCC(C)(CC)C(C)(C)CC(C)C. The maximum atomic E-state index is 2.44. The highest BCUT2D eigenvalue weighted by Gasteiger charge is 2.37. The molecular formula is C13H28. The average Bonchev–Trinajstić information content (AvgIpc) is 2.00. The Morgan fingerprint density at radius 2 is 1.31 bits per heavy atom. The van der Waals surface area contributed by atoms with Crippen molar-refractivity contribution in [2.75, 3.05) is 0 Å². The lowest BCUT2D eigenvalue weighted by Crippen LogP contribution is -2.35. The largest absolute Gasteiger partial charge is 0.0648 e. The van der Waals surface area contributed by atoms with E-state index < -0.39 is 0 Å². The summed E-state index contributed by atoms with van der Waals surface area (Å²) in [4.78, 5) is 0. The summed E-state index contributed by atoms with van der Waals surface area (Å²) in [6, 6.07) is 0. The molecule has 0 saturated carbocycles. The van der Waals surface area contributed by atoms with E-state index >= 15 is 0 Å². The van der Waals surface area contributed by atoms with Crippen molar-refractivity contribution in [3.63, 3.8) is 0 Å². The summed E-state index contributed by atoms with van der Waals surface area (Å²) in [5.41, 5.74) is 0.988. The molecule has 0 amide bonds. The monoisotopic (exact) mass is 184 g/mol. The van der Waals surface area contributed by atoms with E-state index in [0.29, 0.717) is 10.8 Å². The molecule has 0 fully saturated rings. The fraction of sp³-hybridized carbons (Fsp3) is 1.00. The third-order valence-electron chi connectivity index (χ3n) is 4.11. The van der Waals surface area contributed by atoms with Crippen LogP contribution in [-0.2, 0) is 0 Å². The van der Waals surface area contributed by atoms with Crippen molar-refractivity contribution < 1.29 is 0 Å². The third-order valence-corrected chi connectivity index (χ3v) is 4.11. The summed E-state index contributed by atoms with van der Waals surface area (Å²) in [6.07, 6.45) is 3.93. The minimum Gasteiger partial charge on any atom is -0.0648 e. The standard InChI is InChI=1S/C13H28/c1-8-13(7,9-2)12(5,6)10-11(3)4/h11H,8-10H2,1-7H3. The van der Waals surface area contributed by atoms with Gasteiger partial charge in [0.15, 0.2) is 0 Å². The molecule has 0 radical (unpaired) electrons. The third kappa shape index (κ3) is 3.00. The molecule has 0 unspecified atom stereocenters. The van der Waals surface area contributed by atoms with Crippen LogP contribution in [-0.4, -0.2) is 0 Å². The van der Waals surface area contributed by atoms with Gasteiger partial charge in [0.05, 0.1) is 0 Å². The number of rotatable bonds is 5. The van der Waals surface area contributed by atoms with Crippen LogP contribution >= 0.6 is 0 Å². The van der Waals surface area contributed by atoms with E-state index in [1.807, 2.05) is 0 Å². The van der Waals surface area contributed by atoms with Gasteiger partial charge in [0, 0.05) is 0 Å². The van der Waals surface area contributed by atoms with Gasteiger partial charge in [0.25, 0.3) is 0 Å². The van der Waals surface area contributed by atoms with Crippen LogP contribution in [0.25, 0.3) is 0 Å². The number of hydrogen-bond donors (Lipinski definition) is 0. The van der Waals surface area contributed by atoms with Gasteiger partial charge in [-0.1, -0.05) is 61.3 Å². The van der Waals surface area contributed by atoms with Crippen LogP contribution in [0.4, 0.5) is 0 Å². The fourth-order valence-electron chi connectivity index (χ4n) is 2.47. The molecule has 13 heavy (non-hydrogen) atoms. The Morgan fingerprint density at radius 1 is 0.923 bits per heavy atom. The zero-order chi connectivity index (χ0) is 10.7. The summed E-state index contributed by atoms with van der Waals surface area (Å²) >= 11 is 0. The molecule has 0 spiro atoms. The Bertz CT molecular complexity index is 138. The highest BCUT2D eigenvalue weighted by Crippen LogP contribution is 2.47. The fourth-order valence-corrected chi connectivity index (χ4v) is 2.47. The maximum Gasteiger partial charge on any atom is -0.0280 e. The molecule has 0 N–H and O–H groups in total. The molecule has 0 aromatic carbocycles. The van der Waals surface area contributed by atoms with E-state index in [4.69, 9.17) is 0 Å². The molecule has 0 nitrogen and oxygen atoms in total. The molecule has 0 heterocycles. The van der Waals surface area contributed by atoms with Crippen LogP contribution in [0, 0.1) is 16.7 Å². The second-order valence-electron chi connectivity index (χ2n) is 5.75. The Hall–Kier alpha value is 0. The highest BCUT2D eigenvalue weighted by molar-refractivity contribution is 4.88. The van der Waals surface area contributed by atoms with Crippen molar-refractivity contribution in [2.24, 2.45) is 16.7 Å². The first kappa shape index (κ1) is 13.0. The van der Waals surface area contributed by atoms with Crippen LogP contribution in [0.3, 0.4) is 0 Å². The summed E-state index contributed by atoms with van der Waals surface area (Å²) in [5, 5.41) is 0. The lowest BCUT2D eigenvalue weighted by atomic mass is 9.61. The van der Waals surface area contributed by atoms with Gasteiger partial charge in [-0.25, -0.2) is 0 Å². The van der Waals surface area contributed by atoms with Gasteiger partial charge < -0.3 is 0 Å². The minimum atomic E-state index is 0.477. The van der Waals surface area contributed by atoms with E-state index in [2.05, 4.69) is 48.5 Å². The molecule has 0 heteroatoms. The summed E-state index contributed by atoms with van der Waals surface area (Å²) in [6.45, 7) is 16.6. The zero-order valence-electron chi connectivity index (χ0n) is 10.7. The predicted molar refractivity (Wildman–Crippen MR) is 61.9 cm³/mol. The molecule has 0 rings (SSSR count). The highest BCUT2D eigenvalue weighted by atomic mass is 14.4. The Kier molecular flexibility index (Phi) is 4.48. The lowest BCUT2D eigenvalue weighted by molar-refractivity contribution is 0.0554. The van der Waals surface area contributed by atoms with Gasteiger partial charge in [0.2, 0.25) is 0 Å². The van der Waals surface area contributed by atoms with Crippen LogP contribution < -0.4 is 0 Å². The minimum absolute atomic E-state index is 0.477. The van der Waals surface area contributed by atoms with Crippen LogP contribution in [0.15, 0.2) is 0 Å². The molecule has 0 aliphatic heterocycles. The first-order chi connectivity index (χ1) is 5.79. The molecular weight excluding hydrogens is 156 g/mol. The molecule has 0 aliphatic rings. The topological polar surface area (TPSA) is 0 Å². The van der Waals surface area contributed by atoms with Gasteiger partial charge in [0.1, 0.15) is 0 Å². The van der Waals surface area contributed by atoms with Gasteiger partial charge >= 0.3 is 0 Å². The van der Waals surface area contributed by atoms with Gasteiger partial charge in [-0.3, -0.25) is 0 Å². The van der Waals surface area contributed by atoms with Crippen molar-refractivity contribution in [1.29, 1.82) is 0 Å². The Morgan fingerprint density at radius 3 is 1.54 bits per heavy atom. The van der Waals surface area contributed by atoms with E-state index in [1.54, 1.807) is 0 Å². The summed E-state index contributed by atoms with van der Waals surface area (Å²) < 4.78 is 0. The molecule has 0 aromatic heterocycles. The van der Waals surface area contributed by atoms with E-state index in [0.717, 1.165) is 5.92 Å². The van der Waals surface area contributed by atoms with Crippen molar-refractivity contribution >= 4 is 0 Å². The van der Waals surface area contributed by atoms with Gasteiger partial charge in [-0.2, -0.15) is 0 Å². The smallest absolute Gasteiger partial charge is 0.0280 e. The quantitative estimate of drug-likeness (QED) is 0.571. The molecule has 0 aliphatic carbocycles. The van der Waals surface area contributed by atoms with E-state index in [-0.39, 0.29) is 0 Å². The van der Waals surface area contributed by atoms with Gasteiger partial charge in [-0.15, -0.1) is 0 Å². The first-order valence-electron chi connectivity index (χ1n) is 5.79. The van der Waals surface area contributed by atoms with Gasteiger partial charge in [-0.05, 0) is 23.2 Å². The maximum absolute atomic E-state index is 2.44. The van der Waals surface area contributed by atoms with Crippen LogP contribution in [0.1, 0.15) is 67.7 Å². The zero-order valence-corrected chi connectivity index (χ0v) is 10.7. The predicted octanol–water partition coefficient (Wildman–Crippen LogP) is 4.89. The lowest BCUT2D eigenvalue weighted by Gasteiger charge is -2.45. The van der Waals surface area contributed by atoms with Crippen LogP contribution in [0.5, 0.6) is 0 Å². The molecule has 0 bridgehead atoms. The van der Waals surface area contributed by atoms with Crippen LogP contribution in [0.2, 0.25) is 0 Å². The van der Waals surface area contributed by atoms with Crippen molar-refractivity contribution in [3.05, 3.63) is 0 Å². The number of hydrogen-bond acceptors (Lipinski definition) is 0. The molecule has 0 saturated heterocycles. The van der Waals surface area contributed by atoms with Crippen molar-refractivity contribution in [2.45, 2.75) is 67.7 Å². The van der Waals surface area contributed by atoms with Crippen molar-refractivity contribution in [3.8, 4) is 0 Å². The molecule has 0 atom stereocenters. The van der Waals surface area contributed by atoms with Crippen molar-refractivity contribution in [1.82, 2.24) is 0 Å². The second-order valence-corrected chi connectivity index (χ2v) is 5.75. The molecule has 0 aromatic rings. The summed E-state index contributed by atoms with van der Waals surface area (Å²) in [5.74, 6) is 0.812. The average molecular weight is 184 g/mol. The summed E-state index contributed by atoms with van der Waals surface area (Å²) in [7, 11) is 0. The normalized spacial score (nSPS) is 13.8. The Labute approximate surface area is 85.1 Å². The van der Waals surface area contributed by atoms with E-state index in [1.165, 1.54) is 19.3 Å². The first-order valence-corrected chi connectivity index (χ1v) is 5.79.